The quantitative estimate of drug-likeness (QED) is 0.750. The van der Waals surface area contributed by atoms with Gasteiger partial charge in [-0.05, 0) is 12.5 Å². The number of imidazole rings is 1. The van der Waals surface area contributed by atoms with Crippen LogP contribution < -0.4 is 4.72 Å². The Morgan fingerprint density at radius 1 is 1.73 bits per heavy atom. The van der Waals surface area contributed by atoms with E-state index in [4.69, 9.17) is 0 Å². The monoisotopic (exact) mass is 227 g/mol. The molecular weight excluding hydrogens is 214 g/mol. The van der Waals surface area contributed by atoms with Crippen molar-refractivity contribution >= 4 is 10.2 Å². The summed E-state index contributed by atoms with van der Waals surface area (Å²) in [6.07, 6.45) is 4.31. The number of nitrogens with one attached hydrogen (secondary N) is 1. The lowest BCUT2D eigenvalue weighted by Crippen LogP contribution is -2.31. The van der Waals surface area contributed by atoms with E-state index < -0.39 is 10.2 Å². The maximum absolute atomic E-state index is 11.7. The van der Waals surface area contributed by atoms with Gasteiger partial charge in [-0.25, -0.2) is 8.96 Å². The topological polar surface area (TPSA) is 64.0 Å². The van der Waals surface area contributed by atoms with E-state index in [1.807, 2.05) is 0 Å². The van der Waals surface area contributed by atoms with E-state index in [2.05, 4.69) is 22.9 Å². The molecule has 5 nitrogen and oxygen atoms in total. The second kappa shape index (κ2) is 4.41. The number of aromatic nitrogens is 2. The highest BCUT2D eigenvalue weighted by Crippen LogP contribution is 2.00. The minimum Gasteiger partial charge on any atom is -0.241 e. The number of hydrogen-bond acceptors (Lipinski definition) is 3. The molecule has 0 amide bonds. The highest BCUT2D eigenvalue weighted by molar-refractivity contribution is 7.88. The lowest BCUT2D eigenvalue weighted by molar-refractivity contribution is 0.574. The summed E-state index contributed by atoms with van der Waals surface area (Å²) < 4.78 is 26.8. The fourth-order valence-electron chi connectivity index (χ4n) is 0.946. The Labute approximate surface area is 89.3 Å². The van der Waals surface area contributed by atoms with Crippen molar-refractivity contribution in [1.29, 1.82) is 0 Å². The number of aryl methyl sites for hydroxylation is 1. The Balaban J connectivity index is 2.82. The van der Waals surface area contributed by atoms with Gasteiger partial charge in [-0.15, -0.1) is 0 Å². The van der Waals surface area contributed by atoms with Crippen LogP contribution in [0.15, 0.2) is 37.2 Å². The summed E-state index contributed by atoms with van der Waals surface area (Å²) in [5.41, 5.74) is 0.608. The molecule has 1 aromatic heterocycles. The molecule has 1 rings (SSSR count). The van der Waals surface area contributed by atoms with Crippen LogP contribution in [0.1, 0.15) is 5.82 Å². The lowest BCUT2D eigenvalue weighted by atomic mass is 10.3. The van der Waals surface area contributed by atoms with Crippen LogP contribution in [0.25, 0.3) is 0 Å². The van der Waals surface area contributed by atoms with Crippen molar-refractivity contribution in [2.75, 3.05) is 6.54 Å². The molecule has 0 atom stereocenters. The Hall–Kier alpha value is -1.40. The molecule has 6 heteroatoms. The first-order chi connectivity index (χ1) is 6.97. The van der Waals surface area contributed by atoms with Crippen molar-refractivity contribution in [3.8, 4) is 0 Å². The average molecular weight is 227 g/mol. The Kier molecular flexibility index (Phi) is 3.43. The van der Waals surface area contributed by atoms with E-state index in [-0.39, 0.29) is 6.54 Å². The lowest BCUT2D eigenvalue weighted by Gasteiger charge is -2.08. The van der Waals surface area contributed by atoms with Gasteiger partial charge in [0.2, 0.25) is 0 Å². The fourth-order valence-corrected chi connectivity index (χ4v) is 2.06. The Bertz CT molecular complexity index is 473. The zero-order valence-corrected chi connectivity index (χ0v) is 9.29. The molecule has 0 aliphatic carbocycles. The summed E-state index contributed by atoms with van der Waals surface area (Å²) in [6.45, 7) is 8.85. The molecule has 0 fully saturated rings. The van der Waals surface area contributed by atoms with Crippen molar-refractivity contribution in [3.63, 3.8) is 0 Å². The fraction of sp³-hybridized carbons (Fsp3) is 0.222. The van der Waals surface area contributed by atoms with Crippen LogP contribution in [0.2, 0.25) is 0 Å². The van der Waals surface area contributed by atoms with Gasteiger partial charge in [0.25, 0.3) is 0 Å². The van der Waals surface area contributed by atoms with Crippen LogP contribution in [0, 0.1) is 6.92 Å². The summed E-state index contributed by atoms with van der Waals surface area (Å²) in [5.74, 6) is 0.409. The molecule has 82 valence electrons. The van der Waals surface area contributed by atoms with Crippen molar-refractivity contribution in [2.24, 2.45) is 0 Å². The largest absolute Gasteiger partial charge is 0.306 e. The number of nitrogens with zero attached hydrogens (tertiary/aromatic N) is 2. The zero-order chi connectivity index (χ0) is 11.5. The van der Waals surface area contributed by atoms with Crippen LogP contribution in [-0.4, -0.2) is 23.9 Å². The molecule has 0 aromatic carbocycles. The van der Waals surface area contributed by atoms with E-state index in [1.54, 1.807) is 6.92 Å². The van der Waals surface area contributed by atoms with Gasteiger partial charge in [-0.3, -0.25) is 0 Å². The van der Waals surface area contributed by atoms with Crippen molar-refractivity contribution in [2.45, 2.75) is 6.92 Å². The SMILES string of the molecule is C=CC(=C)CNS(=O)(=O)n1ccnc1C. The predicted octanol–water partition coefficient (Wildman–Crippen LogP) is 0.616. The smallest absolute Gasteiger partial charge is 0.241 e. The maximum Gasteiger partial charge on any atom is 0.306 e. The summed E-state index contributed by atoms with van der Waals surface area (Å²) in [6, 6.07) is 0. The van der Waals surface area contributed by atoms with Crippen LogP contribution in [0.5, 0.6) is 0 Å². The third-order valence-corrected chi connectivity index (χ3v) is 3.22. The third-order valence-electron chi connectivity index (χ3n) is 1.81. The molecule has 1 heterocycles. The van der Waals surface area contributed by atoms with E-state index in [9.17, 15) is 8.42 Å². The summed E-state index contributed by atoms with van der Waals surface area (Å²) in [4.78, 5) is 3.83. The first-order valence-corrected chi connectivity index (χ1v) is 5.71. The first kappa shape index (κ1) is 11.7. The second-order valence-corrected chi connectivity index (χ2v) is 4.59. The molecule has 0 spiro atoms. The summed E-state index contributed by atoms with van der Waals surface area (Å²) >= 11 is 0. The van der Waals surface area contributed by atoms with Gasteiger partial charge < -0.3 is 0 Å². The van der Waals surface area contributed by atoms with Gasteiger partial charge in [-0.1, -0.05) is 19.2 Å². The molecular formula is C9H13N3O2S. The van der Waals surface area contributed by atoms with Gasteiger partial charge in [0, 0.05) is 18.9 Å². The molecule has 0 saturated carbocycles. The number of hydrogen-bond donors (Lipinski definition) is 1. The molecule has 1 N–H and O–H groups in total. The van der Waals surface area contributed by atoms with Crippen LogP contribution >= 0.6 is 0 Å². The minimum atomic E-state index is -3.56. The van der Waals surface area contributed by atoms with Crippen molar-refractivity contribution in [3.05, 3.63) is 43.0 Å². The Morgan fingerprint density at radius 2 is 2.40 bits per heavy atom. The van der Waals surface area contributed by atoms with Crippen LogP contribution in [0.3, 0.4) is 0 Å². The van der Waals surface area contributed by atoms with Gasteiger partial charge in [0.15, 0.2) is 0 Å². The molecule has 15 heavy (non-hydrogen) atoms. The predicted molar refractivity (Wildman–Crippen MR) is 58.6 cm³/mol. The average Bonchev–Trinajstić information content (AvgIpc) is 2.61. The molecule has 1 aromatic rings. The standard InChI is InChI=1S/C9H13N3O2S/c1-4-8(2)7-11-15(13,14)12-6-5-10-9(12)3/h4-6,11H,1-2,7H2,3H3. The molecule has 0 bridgehead atoms. The molecule has 0 radical (unpaired) electrons. The van der Waals surface area contributed by atoms with E-state index >= 15 is 0 Å². The third kappa shape index (κ3) is 2.77. The summed E-state index contributed by atoms with van der Waals surface area (Å²) in [7, 11) is -3.56. The van der Waals surface area contributed by atoms with Gasteiger partial charge >= 0.3 is 10.2 Å². The van der Waals surface area contributed by atoms with E-state index in [0.29, 0.717) is 11.4 Å². The van der Waals surface area contributed by atoms with E-state index in [0.717, 1.165) is 3.97 Å². The van der Waals surface area contributed by atoms with Gasteiger partial charge in [0.1, 0.15) is 5.82 Å². The molecule has 0 saturated heterocycles. The molecule has 0 aliphatic heterocycles. The van der Waals surface area contributed by atoms with Crippen LogP contribution in [0.4, 0.5) is 0 Å². The Morgan fingerprint density at radius 3 is 2.87 bits per heavy atom. The second-order valence-electron chi connectivity index (χ2n) is 2.96. The van der Waals surface area contributed by atoms with E-state index in [1.165, 1.54) is 18.5 Å². The van der Waals surface area contributed by atoms with Crippen molar-refractivity contribution < 1.29 is 8.42 Å². The zero-order valence-electron chi connectivity index (χ0n) is 8.47. The highest BCUT2D eigenvalue weighted by Gasteiger charge is 2.13. The van der Waals surface area contributed by atoms with Crippen LogP contribution in [-0.2, 0) is 10.2 Å². The molecule has 0 unspecified atom stereocenters. The maximum atomic E-state index is 11.7. The van der Waals surface area contributed by atoms with Gasteiger partial charge in [0.05, 0.1) is 0 Å². The molecule has 0 aliphatic rings. The summed E-state index contributed by atoms with van der Waals surface area (Å²) in [5, 5.41) is 0. The minimum absolute atomic E-state index is 0.142. The normalized spacial score (nSPS) is 11.3. The first-order valence-electron chi connectivity index (χ1n) is 4.27. The van der Waals surface area contributed by atoms with Gasteiger partial charge in [-0.2, -0.15) is 13.1 Å². The number of rotatable bonds is 5. The highest BCUT2D eigenvalue weighted by atomic mass is 32.2. The van der Waals surface area contributed by atoms with Crippen molar-refractivity contribution in [1.82, 2.24) is 13.7 Å².